The lowest BCUT2D eigenvalue weighted by atomic mass is 10.8. The van der Waals surface area contributed by atoms with Crippen molar-refractivity contribution >= 4 is 21.9 Å². The molecule has 0 aromatic carbocycles. The van der Waals surface area contributed by atoms with Crippen molar-refractivity contribution in [2.75, 3.05) is 0 Å². The van der Waals surface area contributed by atoms with Crippen molar-refractivity contribution < 1.29 is 18.4 Å². The molecule has 70 valence electrons. The third kappa shape index (κ3) is 23.1. The molecule has 5 heteroatoms. The minimum atomic E-state index is -1.38. The Balaban J connectivity index is 0. The summed E-state index contributed by atoms with van der Waals surface area (Å²) in [7, 11) is -1.38. The number of hydrogen-bond donors (Lipinski definition) is 0. The monoisotopic (exact) mass is 190 g/mol. The first-order chi connectivity index (χ1) is 5.54. The SMILES string of the molecule is C=CC.CC(=O)O[SiH2]OC(C)=O. The van der Waals surface area contributed by atoms with Crippen LogP contribution in [0.2, 0.25) is 0 Å². The number of rotatable bonds is 2. The van der Waals surface area contributed by atoms with Crippen molar-refractivity contribution in [3.63, 3.8) is 0 Å². The Kier molecular flexibility index (Phi) is 11.1. The van der Waals surface area contributed by atoms with Gasteiger partial charge in [-0.2, -0.15) is 0 Å². The summed E-state index contributed by atoms with van der Waals surface area (Å²) in [5.74, 6) is -0.800. The molecule has 0 heterocycles. The fourth-order valence-corrected chi connectivity index (χ4v) is 0.586. The van der Waals surface area contributed by atoms with E-state index in [4.69, 9.17) is 0 Å². The molecule has 0 radical (unpaired) electrons. The smallest absolute Gasteiger partial charge is 0.431 e. The van der Waals surface area contributed by atoms with E-state index in [0.29, 0.717) is 0 Å². The molecule has 0 saturated heterocycles. The quantitative estimate of drug-likeness (QED) is 0.464. The van der Waals surface area contributed by atoms with Gasteiger partial charge < -0.3 is 8.85 Å². The predicted octanol–water partition coefficient (Wildman–Crippen LogP) is 0.304. The van der Waals surface area contributed by atoms with Gasteiger partial charge in [-0.1, -0.05) is 6.08 Å². The minimum absolute atomic E-state index is 0.400. The van der Waals surface area contributed by atoms with Crippen LogP contribution in [0.4, 0.5) is 0 Å². The van der Waals surface area contributed by atoms with Gasteiger partial charge in [0.05, 0.1) is 0 Å². The maximum absolute atomic E-state index is 10.0. The van der Waals surface area contributed by atoms with E-state index in [0.717, 1.165) is 0 Å². The minimum Gasteiger partial charge on any atom is -0.490 e. The summed E-state index contributed by atoms with van der Waals surface area (Å²) in [5, 5.41) is 0. The van der Waals surface area contributed by atoms with Crippen LogP contribution in [0, 0.1) is 0 Å². The van der Waals surface area contributed by atoms with E-state index in [1.54, 1.807) is 6.08 Å². The van der Waals surface area contributed by atoms with Crippen LogP contribution in [0.5, 0.6) is 0 Å². The zero-order chi connectivity index (χ0) is 9.98. The van der Waals surface area contributed by atoms with Crippen molar-refractivity contribution in [1.82, 2.24) is 0 Å². The Hall–Kier alpha value is -1.10. The summed E-state index contributed by atoms with van der Waals surface area (Å²) in [6.07, 6.45) is 1.75. The van der Waals surface area contributed by atoms with Crippen LogP contribution in [0.3, 0.4) is 0 Å². The van der Waals surface area contributed by atoms with Gasteiger partial charge in [0.15, 0.2) is 0 Å². The molecule has 0 saturated carbocycles. The number of allylic oxidation sites excluding steroid dienone is 1. The molecule has 0 aliphatic heterocycles. The van der Waals surface area contributed by atoms with E-state index in [9.17, 15) is 9.59 Å². The third-order valence-corrected chi connectivity index (χ3v) is 1.57. The Morgan fingerprint density at radius 1 is 1.25 bits per heavy atom. The standard InChI is InChI=1S/C4H8O4Si.C3H6/c1-3(5)7-9-8-4(2)6;1-3-2/h9H2,1-2H3;3H,1H2,2H3. The van der Waals surface area contributed by atoms with Crippen molar-refractivity contribution in [2.24, 2.45) is 0 Å². The first-order valence-electron chi connectivity index (χ1n) is 3.38. The van der Waals surface area contributed by atoms with Crippen LogP contribution in [-0.2, 0) is 18.4 Å². The average molecular weight is 190 g/mol. The molecular weight excluding hydrogens is 176 g/mol. The maximum Gasteiger partial charge on any atom is 0.431 e. The van der Waals surface area contributed by atoms with Gasteiger partial charge in [-0.25, -0.2) is 0 Å². The lowest BCUT2D eigenvalue weighted by molar-refractivity contribution is -0.136. The van der Waals surface area contributed by atoms with Gasteiger partial charge in [0.25, 0.3) is 11.9 Å². The molecule has 0 aromatic heterocycles. The maximum atomic E-state index is 10.0. The van der Waals surface area contributed by atoms with E-state index in [2.05, 4.69) is 15.4 Å². The lowest BCUT2D eigenvalue weighted by Crippen LogP contribution is -2.11. The first-order valence-corrected chi connectivity index (χ1v) is 4.53. The lowest BCUT2D eigenvalue weighted by Gasteiger charge is -1.99. The van der Waals surface area contributed by atoms with Crippen molar-refractivity contribution in [3.8, 4) is 0 Å². The van der Waals surface area contributed by atoms with Crippen molar-refractivity contribution in [1.29, 1.82) is 0 Å². The third-order valence-electron chi connectivity index (χ3n) is 0.524. The normalized spacial score (nSPS) is 7.25. The highest BCUT2D eigenvalue weighted by Crippen LogP contribution is 1.75. The van der Waals surface area contributed by atoms with Gasteiger partial charge in [-0.15, -0.1) is 6.58 Å². The van der Waals surface area contributed by atoms with Crippen LogP contribution in [0.1, 0.15) is 20.8 Å². The highest BCUT2D eigenvalue weighted by Gasteiger charge is 1.95. The molecule has 0 rings (SSSR count). The zero-order valence-corrected chi connectivity index (χ0v) is 9.04. The van der Waals surface area contributed by atoms with E-state index in [1.165, 1.54) is 13.8 Å². The van der Waals surface area contributed by atoms with E-state index in [-0.39, 0.29) is 0 Å². The molecule has 0 aliphatic rings. The van der Waals surface area contributed by atoms with Gasteiger partial charge in [-0.05, 0) is 6.92 Å². The van der Waals surface area contributed by atoms with Crippen LogP contribution in [0.15, 0.2) is 12.7 Å². The molecule has 0 fully saturated rings. The highest BCUT2D eigenvalue weighted by molar-refractivity contribution is 6.25. The van der Waals surface area contributed by atoms with Crippen LogP contribution >= 0.6 is 0 Å². The van der Waals surface area contributed by atoms with E-state index in [1.807, 2.05) is 6.92 Å². The second-order valence-electron chi connectivity index (χ2n) is 1.80. The van der Waals surface area contributed by atoms with E-state index >= 15 is 0 Å². The first kappa shape index (κ1) is 13.5. The second kappa shape index (κ2) is 9.90. The summed E-state index contributed by atoms with van der Waals surface area (Å²) in [4.78, 5) is 20.1. The predicted molar refractivity (Wildman–Crippen MR) is 47.9 cm³/mol. The highest BCUT2D eigenvalue weighted by atomic mass is 28.3. The Labute approximate surface area is 74.6 Å². The van der Waals surface area contributed by atoms with Gasteiger partial charge in [-0.3, -0.25) is 9.59 Å². The Morgan fingerprint density at radius 2 is 1.50 bits per heavy atom. The Morgan fingerprint density at radius 3 is 1.67 bits per heavy atom. The van der Waals surface area contributed by atoms with Crippen LogP contribution in [-0.4, -0.2) is 21.9 Å². The number of hydrogen-bond acceptors (Lipinski definition) is 4. The molecular formula is C7H14O4Si. The average Bonchev–Trinajstić information content (AvgIpc) is 1.87. The molecule has 0 N–H and O–H groups in total. The largest absolute Gasteiger partial charge is 0.490 e. The molecule has 4 nitrogen and oxygen atoms in total. The molecule has 0 spiro atoms. The van der Waals surface area contributed by atoms with Crippen molar-refractivity contribution in [2.45, 2.75) is 20.8 Å². The number of carbonyl (C=O) groups is 2. The number of carbonyl (C=O) groups excluding carboxylic acids is 2. The molecule has 0 aromatic rings. The van der Waals surface area contributed by atoms with E-state index < -0.39 is 21.9 Å². The zero-order valence-electron chi connectivity index (χ0n) is 7.62. The summed E-state index contributed by atoms with van der Waals surface area (Å²) in [6, 6.07) is 0. The van der Waals surface area contributed by atoms with Crippen molar-refractivity contribution in [3.05, 3.63) is 12.7 Å². The second-order valence-corrected chi connectivity index (χ2v) is 2.61. The topological polar surface area (TPSA) is 52.6 Å². The fourth-order valence-electron chi connectivity index (χ4n) is 0.195. The molecule has 0 atom stereocenters. The van der Waals surface area contributed by atoms with Gasteiger partial charge in [0, 0.05) is 13.8 Å². The van der Waals surface area contributed by atoms with Gasteiger partial charge in [0.1, 0.15) is 0 Å². The fraction of sp³-hybridized carbons (Fsp3) is 0.429. The van der Waals surface area contributed by atoms with Gasteiger partial charge in [0.2, 0.25) is 0 Å². The Bertz CT molecular complexity index is 141. The summed E-state index contributed by atoms with van der Waals surface area (Å²) in [5.41, 5.74) is 0. The van der Waals surface area contributed by atoms with Gasteiger partial charge >= 0.3 is 10.0 Å². The molecule has 0 aliphatic carbocycles. The summed E-state index contributed by atoms with van der Waals surface area (Å²) >= 11 is 0. The molecule has 0 unspecified atom stereocenters. The van der Waals surface area contributed by atoms with Crippen LogP contribution in [0.25, 0.3) is 0 Å². The summed E-state index contributed by atoms with van der Waals surface area (Å²) < 4.78 is 8.82. The molecule has 12 heavy (non-hydrogen) atoms. The summed E-state index contributed by atoms with van der Waals surface area (Å²) in [6.45, 7) is 7.80. The van der Waals surface area contributed by atoms with Crippen LogP contribution < -0.4 is 0 Å². The molecule has 0 bridgehead atoms. The molecule has 0 amide bonds.